The second-order valence-corrected chi connectivity index (χ2v) is 4.25. The van der Waals surface area contributed by atoms with Crippen LogP contribution in [-0.4, -0.2) is 22.7 Å². The van der Waals surface area contributed by atoms with E-state index >= 15 is 0 Å². The van der Waals surface area contributed by atoms with Gasteiger partial charge in [0.05, 0.1) is 6.61 Å². The maximum Gasteiger partial charge on any atom is 0.315 e. The lowest BCUT2D eigenvalue weighted by Crippen LogP contribution is -2.07. The Labute approximate surface area is 111 Å². The highest BCUT2D eigenvalue weighted by Crippen LogP contribution is 2.09. The zero-order valence-corrected chi connectivity index (χ0v) is 11.0. The molecule has 0 amide bonds. The van der Waals surface area contributed by atoms with E-state index in [-0.39, 0.29) is 12.4 Å². The summed E-state index contributed by atoms with van der Waals surface area (Å²) in [6.07, 6.45) is 0.614. The van der Waals surface area contributed by atoms with Crippen molar-refractivity contribution in [1.29, 1.82) is 0 Å². The van der Waals surface area contributed by atoms with Gasteiger partial charge in [0.1, 0.15) is 6.42 Å². The van der Waals surface area contributed by atoms with E-state index in [1.54, 1.807) is 6.92 Å². The number of esters is 1. The van der Waals surface area contributed by atoms with Gasteiger partial charge in [-0.2, -0.15) is 4.98 Å². The topological polar surface area (TPSA) is 65.2 Å². The maximum atomic E-state index is 11.3. The van der Waals surface area contributed by atoms with Crippen LogP contribution in [0.15, 0.2) is 28.8 Å². The third-order valence-corrected chi connectivity index (χ3v) is 2.56. The normalized spacial score (nSPS) is 10.4. The number of aryl methyl sites for hydroxylation is 1. The Balaban J connectivity index is 1.99. The van der Waals surface area contributed by atoms with E-state index in [2.05, 4.69) is 16.2 Å². The first kappa shape index (κ1) is 13.3. The van der Waals surface area contributed by atoms with Crippen LogP contribution in [0.3, 0.4) is 0 Å². The number of aromatic nitrogens is 2. The molecule has 0 aliphatic heterocycles. The molecule has 0 fully saturated rings. The van der Waals surface area contributed by atoms with Crippen LogP contribution in [0, 0.1) is 6.92 Å². The molecule has 2 rings (SSSR count). The van der Waals surface area contributed by atoms with Crippen LogP contribution in [0.4, 0.5) is 0 Å². The van der Waals surface area contributed by atoms with Crippen LogP contribution >= 0.6 is 0 Å². The zero-order valence-electron chi connectivity index (χ0n) is 11.0. The van der Waals surface area contributed by atoms with Gasteiger partial charge in [-0.25, -0.2) is 0 Å². The summed E-state index contributed by atoms with van der Waals surface area (Å²) >= 11 is 0. The fourth-order valence-electron chi connectivity index (χ4n) is 1.77. The van der Waals surface area contributed by atoms with Crippen molar-refractivity contribution in [2.24, 2.45) is 0 Å². The number of nitrogens with zero attached hydrogens (tertiary/aromatic N) is 2. The van der Waals surface area contributed by atoms with Gasteiger partial charge in [-0.15, -0.1) is 0 Å². The van der Waals surface area contributed by atoms with E-state index in [4.69, 9.17) is 9.26 Å². The predicted molar refractivity (Wildman–Crippen MR) is 68.6 cm³/mol. The standard InChI is InChI=1S/C14H16N2O3/c1-3-18-14(17)9-13-15-12(16-19-13)8-11-6-4-5-10(2)7-11/h4-7H,3,8-9H2,1-2H3. The highest BCUT2D eigenvalue weighted by atomic mass is 16.5. The average Bonchev–Trinajstić information content (AvgIpc) is 2.76. The van der Waals surface area contributed by atoms with Gasteiger partial charge in [-0.3, -0.25) is 4.79 Å². The molecule has 0 bridgehead atoms. The average molecular weight is 260 g/mol. The molecule has 0 saturated heterocycles. The summed E-state index contributed by atoms with van der Waals surface area (Å²) in [4.78, 5) is 15.5. The number of hydrogen-bond donors (Lipinski definition) is 0. The first-order valence-electron chi connectivity index (χ1n) is 6.20. The lowest BCUT2D eigenvalue weighted by molar-refractivity contribution is -0.142. The maximum absolute atomic E-state index is 11.3. The van der Waals surface area contributed by atoms with E-state index in [1.165, 1.54) is 5.56 Å². The summed E-state index contributed by atoms with van der Waals surface area (Å²) in [6, 6.07) is 8.10. The van der Waals surface area contributed by atoms with Gasteiger partial charge in [-0.1, -0.05) is 35.0 Å². The lowest BCUT2D eigenvalue weighted by atomic mass is 10.1. The fraction of sp³-hybridized carbons (Fsp3) is 0.357. The number of benzene rings is 1. The van der Waals surface area contributed by atoms with Crippen molar-refractivity contribution in [3.63, 3.8) is 0 Å². The van der Waals surface area contributed by atoms with Gasteiger partial charge in [-0.05, 0) is 19.4 Å². The Kier molecular flexibility index (Phi) is 4.28. The summed E-state index contributed by atoms with van der Waals surface area (Å²) < 4.78 is 9.84. The molecule has 0 N–H and O–H groups in total. The summed E-state index contributed by atoms with van der Waals surface area (Å²) in [5.41, 5.74) is 2.30. The molecule has 1 aromatic heterocycles. The van der Waals surface area contributed by atoms with Gasteiger partial charge in [0.25, 0.3) is 0 Å². The molecule has 1 heterocycles. The fourth-order valence-corrected chi connectivity index (χ4v) is 1.77. The molecule has 1 aromatic carbocycles. The van der Waals surface area contributed by atoms with Crippen molar-refractivity contribution in [2.75, 3.05) is 6.61 Å². The van der Waals surface area contributed by atoms with Crippen LogP contribution in [0.1, 0.15) is 29.8 Å². The van der Waals surface area contributed by atoms with Gasteiger partial charge in [0.2, 0.25) is 5.89 Å². The minimum atomic E-state index is -0.353. The Bertz CT molecular complexity index is 563. The molecule has 0 aliphatic rings. The van der Waals surface area contributed by atoms with Crippen LogP contribution in [0.25, 0.3) is 0 Å². The summed E-state index contributed by atoms with van der Waals surface area (Å²) in [7, 11) is 0. The zero-order chi connectivity index (χ0) is 13.7. The molecule has 0 unspecified atom stereocenters. The Morgan fingerprint density at radius 2 is 2.26 bits per heavy atom. The van der Waals surface area contributed by atoms with E-state index < -0.39 is 0 Å². The van der Waals surface area contributed by atoms with Gasteiger partial charge >= 0.3 is 5.97 Å². The molecule has 5 nitrogen and oxygen atoms in total. The molecule has 100 valence electrons. The number of ether oxygens (including phenoxy) is 1. The minimum Gasteiger partial charge on any atom is -0.466 e. The van der Waals surface area contributed by atoms with Gasteiger partial charge in [0, 0.05) is 6.42 Å². The molecule has 0 radical (unpaired) electrons. The largest absolute Gasteiger partial charge is 0.466 e. The molecule has 0 atom stereocenters. The Hall–Kier alpha value is -2.17. The van der Waals surface area contributed by atoms with E-state index in [9.17, 15) is 4.79 Å². The summed E-state index contributed by atoms with van der Waals surface area (Å²) in [5.74, 6) is 0.513. The van der Waals surface area contributed by atoms with Crippen molar-refractivity contribution in [1.82, 2.24) is 10.1 Å². The first-order chi connectivity index (χ1) is 9.17. The molecule has 0 spiro atoms. The first-order valence-corrected chi connectivity index (χ1v) is 6.20. The molecule has 5 heteroatoms. The SMILES string of the molecule is CCOC(=O)Cc1nc(Cc2cccc(C)c2)no1. The van der Waals surface area contributed by atoms with Crippen LogP contribution < -0.4 is 0 Å². The van der Waals surface area contributed by atoms with Crippen molar-refractivity contribution in [3.05, 3.63) is 47.1 Å². The van der Waals surface area contributed by atoms with Gasteiger partial charge in [0.15, 0.2) is 5.82 Å². The van der Waals surface area contributed by atoms with Crippen molar-refractivity contribution in [2.45, 2.75) is 26.7 Å². The predicted octanol–water partition coefficient (Wildman–Crippen LogP) is 2.07. The van der Waals surface area contributed by atoms with E-state index in [1.807, 2.05) is 25.1 Å². The smallest absolute Gasteiger partial charge is 0.315 e. The van der Waals surface area contributed by atoms with Crippen LogP contribution in [-0.2, 0) is 22.4 Å². The molecule has 0 aliphatic carbocycles. The Morgan fingerprint density at radius 3 is 3.00 bits per heavy atom. The third-order valence-electron chi connectivity index (χ3n) is 2.56. The van der Waals surface area contributed by atoms with Crippen LogP contribution in [0.5, 0.6) is 0 Å². The van der Waals surface area contributed by atoms with Crippen molar-refractivity contribution in [3.8, 4) is 0 Å². The lowest BCUT2D eigenvalue weighted by Gasteiger charge is -1.98. The molecular weight excluding hydrogens is 244 g/mol. The molecule has 2 aromatic rings. The van der Waals surface area contributed by atoms with Crippen LogP contribution in [0.2, 0.25) is 0 Å². The molecule has 0 saturated carbocycles. The summed E-state index contributed by atoms with van der Waals surface area (Å²) in [6.45, 7) is 4.14. The quantitative estimate of drug-likeness (QED) is 0.770. The molecular formula is C14H16N2O3. The third kappa shape index (κ3) is 3.91. The van der Waals surface area contributed by atoms with E-state index in [0.29, 0.717) is 24.7 Å². The van der Waals surface area contributed by atoms with Crippen molar-refractivity contribution >= 4 is 5.97 Å². The number of hydrogen-bond acceptors (Lipinski definition) is 5. The Morgan fingerprint density at radius 1 is 1.42 bits per heavy atom. The second kappa shape index (κ2) is 6.13. The molecule has 19 heavy (non-hydrogen) atoms. The van der Waals surface area contributed by atoms with Crippen molar-refractivity contribution < 1.29 is 14.1 Å². The summed E-state index contributed by atoms with van der Waals surface area (Å²) in [5, 5.41) is 3.86. The van der Waals surface area contributed by atoms with E-state index in [0.717, 1.165) is 5.56 Å². The highest BCUT2D eigenvalue weighted by molar-refractivity contribution is 5.71. The highest BCUT2D eigenvalue weighted by Gasteiger charge is 2.12. The minimum absolute atomic E-state index is 0.0225. The van der Waals surface area contributed by atoms with Gasteiger partial charge < -0.3 is 9.26 Å². The number of carbonyl (C=O) groups excluding carboxylic acids is 1. The second-order valence-electron chi connectivity index (χ2n) is 4.25. The number of carbonyl (C=O) groups is 1. The number of rotatable bonds is 5. The monoisotopic (exact) mass is 260 g/mol.